The van der Waals surface area contributed by atoms with Crippen molar-refractivity contribution in [1.82, 2.24) is 5.32 Å². The Morgan fingerprint density at radius 2 is 1.76 bits per heavy atom. The van der Waals surface area contributed by atoms with Crippen molar-refractivity contribution >= 4 is 29.6 Å². The van der Waals surface area contributed by atoms with E-state index in [4.69, 9.17) is 4.74 Å². The van der Waals surface area contributed by atoms with Crippen LogP contribution in [0.25, 0.3) is 6.08 Å². The summed E-state index contributed by atoms with van der Waals surface area (Å²) < 4.78 is 5.20. The average Bonchev–Trinajstić information content (AvgIpc) is 2.59. The van der Waals surface area contributed by atoms with Gasteiger partial charge in [-0.15, -0.1) is 0 Å². The van der Waals surface area contributed by atoms with Crippen LogP contribution in [0.4, 0.5) is 10.5 Å². The molecule has 1 fully saturated rings. The summed E-state index contributed by atoms with van der Waals surface area (Å²) in [4.78, 5) is 37.9. The fourth-order valence-electron chi connectivity index (χ4n) is 2.63. The van der Waals surface area contributed by atoms with Gasteiger partial charge in [-0.3, -0.25) is 14.9 Å². The van der Waals surface area contributed by atoms with E-state index in [1.54, 1.807) is 55.6 Å². The molecule has 1 aliphatic heterocycles. The van der Waals surface area contributed by atoms with Gasteiger partial charge in [0.1, 0.15) is 11.3 Å². The Labute approximate surface area is 144 Å². The number of benzene rings is 2. The van der Waals surface area contributed by atoms with Crippen LogP contribution in [0.15, 0.2) is 54.1 Å². The molecule has 0 atom stereocenters. The third-order valence-electron chi connectivity index (χ3n) is 3.85. The molecule has 6 heteroatoms. The third-order valence-corrected chi connectivity index (χ3v) is 3.85. The number of aryl methyl sites for hydroxylation is 1. The van der Waals surface area contributed by atoms with Crippen molar-refractivity contribution in [3.63, 3.8) is 0 Å². The summed E-state index contributed by atoms with van der Waals surface area (Å²) in [5.74, 6) is -0.660. The lowest BCUT2D eigenvalue weighted by Gasteiger charge is -2.26. The van der Waals surface area contributed by atoms with E-state index in [1.807, 2.05) is 6.92 Å². The summed E-state index contributed by atoms with van der Waals surface area (Å²) in [6.45, 7) is 1.86. The Morgan fingerprint density at radius 3 is 2.40 bits per heavy atom. The minimum atomic E-state index is -0.760. The topological polar surface area (TPSA) is 75.7 Å². The highest BCUT2D eigenvalue weighted by Crippen LogP contribution is 2.23. The normalized spacial score (nSPS) is 16.2. The number of nitrogens with zero attached hydrogens (tertiary/aromatic N) is 1. The second-order valence-corrected chi connectivity index (χ2v) is 5.52. The van der Waals surface area contributed by atoms with E-state index < -0.39 is 17.8 Å². The van der Waals surface area contributed by atoms with Gasteiger partial charge in [0.15, 0.2) is 0 Å². The number of ether oxygens (including phenoxy) is 1. The third kappa shape index (κ3) is 3.14. The number of anilines is 1. The Hall–Kier alpha value is -3.41. The number of amides is 4. The van der Waals surface area contributed by atoms with Crippen molar-refractivity contribution in [2.24, 2.45) is 0 Å². The maximum Gasteiger partial charge on any atom is 0.335 e. The van der Waals surface area contributed by atoms with Crippen LogP contribution in [0.2, 0.25) is 0 Å². The maximum absolute atomic E-state index is 12.7. The second kappa shape index (κ2) is 6.60. The number of hydrogen-bond acceptors (Lipinski definition) is 4. The molecule has 0 unspecified atom stereocenters. The quantitative estimate of drug-likeness (QED) is 0.691. The number of carbonyl (C=O) groups excluding carboxylic acids is 3. The van der Waals surface area contributed by atoms with Crippen molar-refractivity contribution in [1.29, 1.82) is 0 Å². The fraction of sp³-hybridized carbons (Fsp3) is 0.105. The van der Waals surface area contributed by atoms with Crippen LogP contribution < -0.4 is 15.0 Å². The van der Waals surface area contributed by atoms with Crippen LogP contribution >= 0.6 is 0 Å². The van der Waals surface area contributed by atoms with E-state index >= 15 is 0 Å². The molecule has 6 nitrogen and oxygen atoms in total. The molecule has 3 rings (SSSR count). The van der Waals surface area contributed by atoms with Gasteiger partial charge in [-0.2, -0.15) is 0 Å². The molecule has 0 aromatic heterocycles. The van der Waals surface area contributed by atoms with Crippen LogP contribution in [0.5, 0.6) is 5.75 Å². The van der Waals surface area contributed by atoms with Crippen molar-refractivity contribution in [3.05, 3.63) is 65.2 Å². The Balaban J connectivity index is 2.00. The predicted molar refractivity (Wildman–Crippen MR) is 93.2 cm³/mol. The minimum absolute atomic E-state index is 0.104. The van der Waals surface area contributed by atoms with Crippen LogP contribution in [0.1, 0.15) is 11.1 Å². The zero-order valence-electron chi connectivity index (χ0n) is 13.8. The molecule has 25 heavy (non-hydrogen) atoms. The highest BCUT2D eigenvalue weighted by atomic mass is 16.5. The van der Waals surface area contributed by atoms with E-state index in [0.29, 0.717) is 17.0 Å². The van der Waals surface area contributed by atoms with E-state index in [1.165, 1.54) is 6.08 Å². The van der Waals surface area contributed by atoms with Crippen molar-refractivity contribution in [3.8, 4) is 5.75 Å². The lowest BCUT2D eigenvalue weighted by molar-refractivity contribution is -0.122. The van der Waals surface area contributed by atoms with Gasteiger partial charge in [0.05, 0.1) is 12.8 Å². The number of carbonyl (C=O) groups is 3. The van der Waals surface area contributed by atoms with Crippen molar-refractivity contribution in [2.45, 2.75) is 6.92 Å². The minimum Gasteiger partial charge on any atom is -0.496 e. The van der Waals surface area contributed by atoms with Crippen molar-refractivity contribution < 1.29 is 19.1 Å². The molecule has 0 radical (unpaired) electrons. The molecule has 4 amide bonds. The van der Waals surface area contributed by atoms with E-state index in [-0.39, 0.29) is 5.57 Å². The lowest BCUT2D eigenvalue weighted by atomic mass is 10.0. The van der Waals surface area contributed by atoms with Crippen LogP contribution in [0.3, 0.4) is 0 Å². The summed E-state index contributed by atoms with van der Waals surface area (Å²) in [5.41, 5.74) is 1.83. The van der Waals surface area contributed by atoms with Crippen LogP contribution in [-0.4, -0.2) is 25.0 Å². The first-order valence-corrected chi connectivity index (χ1v) is 7.62. The SMILES string of the molecule is COc1ccc(/C=C2\C(=O)NC(=O)N(c3ccccc3)C2=O)cc1C. The summed E-state index contributed by atoms with van der Waals surface area (Å²) >= 11 is 0. The summed E-state index contributed by atoms with van der Waals surface area (Å²) in [5, 5.41) is 2.20. The molecule has 126 valence electrons. The Bertz CT molecular complexity index is 888. The second-order valence-electron chi connectivity index (χ2n) is 5.52. The fourth-order valence-corrected chi connectivity index (χ4v) is 2.63. The number of para-hydroxylation sites is 1. The standard InChI is InChI=1S/C19H16N2O4/c1-12-10-13(8-9-16(12)25-2)11-15-17(22)20-19(24)21(18(15)23)14-6-4-3-5-7-14/h3-11H,1-2H3,(H,20,22,24)/b15-11+. The molecular weight excluding hydrogens is 320 g/mol. The Kier molecular flexibility index (Phi) is 4.35. The molecule has 1 saturated heterocycles. The number of rotatable bonds is 3. The summed E-state index contributed by atoms with van der Waals surface area (Å²) in [7, 11) is 1.57. The molecule has 1 aliphatic rings. The zero-order chi connectivity index (χ0) is 18.0. The van der Waals surface area contributed by atoms with Gasteiger partial charge < -0.3 is 4.74 Å². The molecular formula is C19H16N2O4. The van der Waals surface area contributed by atoms with Gasteiger partial charge >= 0.3 is 6.03 Å². The first-order valence-electron chi connectivity index (χ1n) is 7.62. The summed E-state index contributed by atoms with van der Waals surface area (Å²) in [6.07, 6.45) is 1.46. The monoisotopic (exact) mass is 336 g/mol. The number of nitrogens with one attached hydrogen (secondary N) is 1. The number of barbiturate groups is 1. The van der Waals surface area contributed by atoms with Crippen molar-refractivity contribution in [2.75, 3.05) is 12.0 Å². The first-order chi connectivity index (χ1) is 12.0. The molecule has 2 aromatic rings. The Morgan fingerprint density at radius 1 is 1.04 bits per heavy atom. The number of methoxy groups -OCH3 is 1. The van der Waals surface area contributed by atoms with Gasteiger partial charge in [0, 0.05) is 0 Å². The smallest absolute Gasteiger partial charge is 0.335 e. The lowest BCUT2D eigenvalue weighted by Crippen LogP contribution is -2.54. The summed E-state index contributed by atoms with van der Waals surface area (Å²) in [6, 6.07) is 13.0. The first kappa shape index (κ1) is 16.4. The zero-order valence-corrected chi connectivity index (χ0v) is 13.8. The van der Waals surface area contributed by atoms with E-state index in [9.17, 15) is 14.4 Å². The molecule has 0 bridgehead atoms. The molecule has 0 saturated carbocycles. The highest BCUT2D eigenvalue weighted by molar-refractivity contribution is 6.39. The molecule has 2 aromatic carbocycles. The van der Waals surface area contributed by atoms with E-state index in [2.05, 4.69) is 5.32 Å². The van der Waals surface area contributed by atoms with E-state index in [0.717, 1.165) is 10.5 Å². The van der Waals surface area contributed by atoms with Crippen LogP contribution in [-0.2, 0) is 9.59 Å². The van der Waals surface area contributed by atoms with Gasteiger partial charge in [0.2, 0.25) is 0 Å². The number of hydrogen-bond donors (Lipinski definition) is 1. The molecule has 0 aliphatic carbocycles. The van der Waals surface area contributed by atoms with Gasteiger partial charge in [-0.1, -0.05) is 24.3 Å². The van der Waals surface area contributed by atoms with Gasteiger partial charge in [-0.05, 0) is 48.4 Å². The average molecular weight is 336 g/mol. The maximum atomic E-state index is 12.7. The molecule has 1 heterocycles. The molecule has 0 spiro atoms. The largest absolute Gasteiger partial charge is 0.496 e. The molecule has 1 N–H and O–H groups in total. The highest BCUT2D eigenvalue weighted by Gasteiger charge is 2.36. The number of imide groups is 2. The predicted octanol–water partition coefficient (Wildman–Crippen LogP) is 2.67. The van der Waals surface area contributed by atoms with Crippen LogP contribution in [0, 0.1) is 6.92 Å². The van der Waals surface area contributed by atoms with Gasteiger partial charge in [-0.25, -0.2) is 9.69 Å². The number of urea groups is 1. The van der Waals surface area contributed by atoms with Gasteiger partial charge in [0.25, 0.3) is 11.8 Å².